The highest BCUT2D eigenvalue weighted by molar-refractivity contribution is 6.04. The third-order valence-corrected chi connectivity index (χ3v) is 4.86. The molecule has 0 radical (unpaired) electrons. The van der Waals surface area contributed by atoms with E-state index in [0.717, 1.165) is 11.1 Å². The molecule has 0 saturated carbocycles. The van der Waals surface area contributed by atoms with E-state index in [9.17, 15) is 9.59 Å². The molecule has 0 fully saturated rings. The molecule has 0 bridgehead atoms. The average Bonchev–Trinajstić information content (AvgIpc) is 3.05. The molecule has 0 spiro atoms. The Labute approximate surface area is 163 Å². The highest BCUT2D eigenvalue weighted by Gasteiger charge is 2.37. The number of carbonyl (C=O) groups excluding carboxylic acids is 2. The summed E-state index contributed by atoms with van der Waals surface area (Å²) in [5, 5.41) is 2.93. The second-order valence-corrected chi connectivity index (χ2v) is 6.62. The highest BCUT2D eigenvalue weighted by Crippen LogP contribution is 2.32. The van der Waals surface area contributed by atoms with E-state index < -0.39 is 6.04 Å². The van der Waals surface area contributed by atoms with E-state index in [1.165, 1.54) is 0 Å². The van der Waals surface area contributed by atoms with E-state index in [1.54, 1.807) is 30.2 Å². The fraction of sp³-hybridized carbons (Fsp3) is 0.130. The summed E-state index contributed by atoms with van der Waals surface area (Å²) in [6.45, 7) is 0.403. The number of hydrogen-bond acceptors (Lipinski definition) is 3. The van der Waals surface area contributed by atoms with Gasteiger partial charge in [0.2, 0.25) is 0 Å². The van der Waals surface area contributed by atoms with Crippen LogP contribution < -0.4 is 10.1 Å². The van der Waals surface area contributed by atoms with Crippen LogP contribution in [0.1, 0.15) is 27.5 Å². The molecule has 5 nitrogen and oxygen atoms in total. The lowest BCUT2D eigenvalue weighted by molar-refractivity contribution is -0.120. The molecule has 0 unspecified atom stereocenters. The first-order valence-electron chi connectivity index (χ1n) is 9.06. The Morgan fingerprint density at radius 1 is 1.00 bits per heavy atom. The topological polar surface area (TPSA) is 58.6 Å². The van der Waals surface area contributed by atoms with Gasteiger partial charge in [0.25, 0.3) is 11.8 Å². The number of carbonyl (C=O) groups is 2. The summed E-state index contributed by atoms with van der Waals surface area (Å²) in [5.74, 6) is 0.254. The van der Waals surface area contributed by atoms with Crippen molar-refractivity contribution in [1.29, 1.82) is 0 Å². The van der Waals surface area contributed by atoms with Crippen LogP contribution >= 0.6 is 0 Å². The Hall–Kier alpha value is -3.60. The molecule has 0 aromatic heterocycles. The average molecular weight is 372 g/mol. The van der Waals surface area contributed by atoms with Crippen molar-refractivity contribution < 1.29 is 14.3 Å². The smallest absolute Gasteiger partial charge is 0.255 e. The van der Waals surface area contributed by atoms with Crippen LogP contribution in [0.15, 0.2) is 78.9 Å². The summed E-state index contributed by atoms with van der Waals surface area (Å²) < 4.78 is 5.22. The van der Waals surface area contributed by atoms with Gasteiger partial charge in [0.1, 0.15) is 11.8 Å². The molecule has 4 rings (SSSR count). The normalized spacial score (nSPS) is 13.8. The Morgan fingerprint density at radius 3 is 2.50 bits per heavy atom. The third-order valence-electron chi connectivity index (χ3n) is 4.86. The number of hydrogen-bond donors (Lipinski definition) is 1. The number of methoxy groups -OCH3 is 1. The Morgan fingerprint density at radius 2 is 1.75 bits per heavy atom. The minimum atomic E-state index is -0.729. The van der Waals surface area contributed by atoms with E-state index in [-0.39, 0.29) is 11.8 Å². The quantitative estimate of drug-likeness (QED) is 0.736. The first-order chi connectivity index (χ1) is 13.7. The monoisotopic (exact) mass is 372 g/mol. The SMILES string of the molecule is COc1cccc(NC(=O)[C@@H](c2ccccc2)N2Cc3ccccc3C2=O)c1. The maximum Gasteiger partial charge on any atom is 0.255 e. The van der Waals surface area contributed by atoms with Crippen molar-refractivity contribution in [1.82, 2.24) is 4.90 Å². The van der Waals surface area contributed by atoms with E-state index in [4.69, 9.17) is 4.74 Å². The van der Waals surface area contributed by atoms with Crippen LogP contribution in [0.4, 0.5) is 5.69 Å². The fourth-order valence-electron chi connectivity index (χ4n) is 3.51. The van der Waals surface area contributed by atoms with Crippen LogP contribution in [0.3, 0.4) is 0 Å². The lowest BCUT2D eigenvalue weighted by Gasteiger charge is -2.27. The fourth-order valence-corrected chi connectivity index (χ4v) is 3.51. The lowest BCUT2D eigenvalue weighted by atomic mass is 10.0. The van der Waals surface area contributed by atoms with Gasteiger partial charge in [-0.25, -0.2) is 0 Å². The maximum absolute atomic E-state index is 13.3. The predicted molar refractivity (Wildman–Crippen MR) is 107 cm³/mol. The van der Waals surface area contributed by atoms with Gasteiger partial charge in [-0.05, 0) is 29.3 Å². The summed E-state index contributed by atoms with van der Waals surface area (Å²) in [4.78, 5) is 27.9. The van der Waals surface area contributed by atoms with Crippen LogP contribution in [0.2, 0.25) is 0 Å². The Kier molecular flexibility index (Phi) is 4.81. The molecule has 28 heavy (non-hydrogen) atoms. The summed E-state index contributed by atoms with van der Waals surface area (Å²) in [6.07, 6.45) is 0. The van der Waals surface area contributed by atoms with Crippen LogP contribution in [0.25, 0.3) is 0 Å². The second-order valence-electron chi connectivity index (χ2n) is 6.62. The molecule has 1 aliphatic rings. The summed E-state index contributed by atoms with van der Waals surface area (Å²) in [5.41, 5.74) is 2.97. The van der Waals surface area contributed by atoms with Crippen molar-refractivity contribution in [3.63, 3.8) is 0 Å². The third kappa shape index (κ3) is 3.34. The maximum atomic E-state index is 13.3. The number of rotatable bonds is 5. The van der Waals surface area contributed by atoms with Crippen molar-refractivity contribution in [3.8, 4) is 5.75 Å². The minimum Gasteiger partial charge on any atom is -0.497 e. The van der Waals surface area contributed by atoms with Crippen LogP contribution in [-0.2, 0) is 11.3 Å². The zero-order valence-electron chi connectivity index (χ0n) is 15.5. The largest absolute Gasteiger partial charge is 0.497 e. The van der Waals surface area contributed by atoms with Gasteiger partial charge in [-0.2, -0.15) is 0 Å². The summed E-state index contributed by atoms with van der Waals surface area (Å²) >= 11 is 0. The van der Waals surface area contributed by atoms with Crippen molar-refractivity contribution in [2.45, 2.75) is 12.6 Å². The number of nitrogens with one attached hydrogen (secondary N) is 1. The highest BCUT2D eigenvalue weighted by atomic mass is 16.5. The molecular weight excluding hydrogens is 352 g/mol. The number of nitrogens with zero attached hydrogens (tertiary/aromatic N) is 1. The number of fused-ring (bicyclic) bond motifs is 1. The second kappa shape index (κ2) is 7.56. The van der Waals surface area contributed by atoms with Crippen LogP contribution in [0.5, 0.6) is 5.75 Å². The molecule has 1 atom stereocenters. The number of benzene rings is 3. The van der Waals surface area contributed by atoms with Gasteiger partial charge in [0.05, 0.1) is 7.11 Å². The molecule has 0 saturated heterocycles. The van der Waals surface area contributed by atoms with Crippen molar-refractivity contribution in [3.05, 3.63) is 95.6 Å². The van der Waals surface area contributed by atoms with E-state index in [0.29, 0.717) is 23.5 Å². The molecule has 2 amide bonds. The van der Waals surface area contributed by atoms with Gasteiger partial charge in [-0.3, -0.25) is 9.59 Å². The molecule has 1 N–H and O–H groups in total. The molecule has 5 heteroatoms. The predicted octanol–water partition coefficient (Wildman–Crippen LogP) is 4.03. The van der Waals surface area contributed by atoms with Crippen molar-refractivity contribution in [2.75, 3.05) is 12.4 Å². The summed E-state index contributed by atoms with van der Waals surface area (Å²) in [7, 11) is 1.58. The van der Waals surface area contributed by atoms with Gasteiger partial charge in [0.15, 0.2) is 0 Å². The standard InChI is InChI=1S/C23H20N2O3/c1-28-19-12-7-11-18(14-19)24-22(26)21(16-8-3-2-4-9-16)25-15-17-10-5-6-13-20(17)23(25)27/h2-14,21H,15H2,1H3,(H,24,26)/t21-/m1/s1. The van der Waals surface area contributed by atoms with Gasteiger partial charge < -0.3 is 15.0 Å². The number of amides is 2. The zero-order valence-corrected chi connectivity index (χ0v) is 15.5. The van der Waals surface area contributed by atoms with Gasteiger partial charge in [-0.1, -0.05) is 54.6 Å². The van der Waals surface area contributed by atoms with Crippen molar-refractivity contribution >= 4 is 17.5 Å². The molecule has 140 valence electrons. The molecule has 1 aliphatic heterocycles. The summed E-state index contributed by atoms with van der Waals surface area (Å²) in [6, 6.07) is 23.3. The number of ether oxygens (including phenoxy) is 1. The van der Waals surface area contributed by atoms with Gasteiger partial charge in [0, 0.05) is 23.9 Å². The van der Waals surface area contributed by atoms with Gasteiger partial charge >= 0.3 is 0 Å². The molecule has 0 aliphatic carbocycles. The molecule has 3 aromatic rings. The first kappa shape index (κ1) is 17.8. The number of anilines is 1. The molecular formula is C23H20N2O3. The Balaban J connectivity index is 1.67. The van der Waals surface area contributed by atoms with Gasteiger partial charge in [-0.15, -0.1) is 0 Å². The first-order valence-corrected chi connectivity index (χ1v) is 9.06. The Bertz CT molecular complexity index is 1020. The van der Waals surface area contributed by atoms with Crippen LogP contribution in [-0.4, -0.2) is 23.8 Å². The van der Waals surface area contributed by atoms with E-state index in [1.807, 2.05) is 60.7 Å². The van der Waals surface area contributed by atoms with E-state index >= 15 is 0 Å². The molecule has 1 heterocycles. The van der Waals surface area contributed by atoms with Crippen LogP contribution in [0, 0.1) is 0 Å². The zero-order chi connectivity index (χ0) is 19.5. The lowest BCUT2D eigenvalue weighted by Crippen LogP contribution is -2.37. The van der Waals surface area contributed by atoms with Crippen molar-refractivity contribution in [2.24, 2.45) is 0 Å². The van der Waals surface area contributed by atoms with E-state index in [2.05, 4.69) is 5.32 Å². The minimum absolute atomic E-state index is 0.134. The molecule has 3 aromatic carbocycles.